The third-order valence-electron chi connectivity index (χ3n) is 4.66. The first-order valence-electron chi connectivity index (χ1n) is 9.34. The Balaban J connectivity index is 1.89. The fourth-order valence-electron chi connectivity index (χ4n) is 3.26. The first-order chi connectivity index (χ1) is 14.2. The highest BCUT2D eigenvalue weighted by Crippen LogP contribution is 2.26. The van der Waals surface area contributed by atoms with Crippen LogP contribution < -0.4 is 4.80 Å². The van der Waals surface area contributed by atoms with Gasteiger partial charge in [0.05, 0.1) is 11.4 Å². The van der Waals surface area contributed by atoms with Gasteiger partial charge < -0.3 is 9.67 Å². The molecule has 0 aliphatic heterocycles. The number of rotatable bonds is 6. The second-order valence-electron chi connectivity index (χ2n) is 6.63. The molecule has 0 fully saturated rings. The van der Waals surface area contributed by atoms with E-state index >= 15 is 0 Å². The number of aromatic nitrogens is 1. The van der Waals surface area contributed by atoms with E-state index < -0.39 is 12.0 Å². The number of carboxylic acid groups (broad SMARTS) is 1. The van der Waals surface area contributed by atoms with E-state index in [0.717, 1.165) is 22.5 Å². The first kappa shape index (κ1) is 18.9. The zero-order valence-corrected chi connectivity index (χ0v) is 16.5. The summed E-state index contributed by atoms with van der Waals surface area (Å²) in [5.41, 5.74) is 3.60. The largest absolute Gasteiger partial charge is 0.480 e. The summed E-state index contributed by atoms with van der Waals surface area (Å²) >= 11 is 1.46. The van der Waals surface area contributed by atoms with Crippen molar-refractivity contribution in [2.24, 2.45) is 4.99 Å². The van der Waals surface area contributed by atoms with E-state index in [4.69, 9.17) is 4.99 Å². The molecule has 0 saturated heterocycles. The summed E-state index contributed by atoms with van der Waals surface area (Å²) in [5.74, 6) is -0.876. The lowest BCUT2D eigenvalue weighted by Crippen LogP contribution is -2.29. The van der Waals surface area contributed by atoms with Gasteiger partial charge in [-0.25, -0.2) is 9.79 Å². The third-order valence-corrected chi connectivity index (χ3v) is 5.50. The van der Waals surface area contributed by atoms with E-state index in [9.17, 15) is 9.90 Å². The molecule has 1 atom stereocenters. The second-order valence-corrected chi connectivity index (χ2v) is 7.47. The zero-order valence-electron chi connectivity index (χ0n) is 15.7. The molecule has 0 aliphatic rings. The number of hydrogen-bond acceptors (Lipinski definition) is 3. The smallest absolute Gasteiger partial charge is 0.327 e. The molecular formula is C24H20N2O2S. The van der Waals surface area contributed by atoms with E-state index in [1.165, 1.54) is 11.3 Å². The van der Waals surface area contributed by atoms with Crippen molar-refractivity contribution in [3.8, 4) is 11.3 Å². The molecule has 4 aromatic rings. The van der Waals surface area contributed by atoms with Crippen molar-refractivity contribution in [3.63, 3.8) is 0 Å². The topological polar surface area (TPSA) is 54.6 Å². The Hall–Kier alpha value is -3.44. The highest BCUT2D eigenvalue weighted by Gasteiger charge is 2.24. The van der Waals surface area contributed by atoms with Crippen LogP contribution in [0.3, 0.4) is 0 Å². The maximum atomic E-state index is 12.3. The van der Waals surface area contributed by atoms with E-state index in [1.807, 2.05) is 101 Å². The molecule has 0 spiro atoms. The number of hydrogen-bond donors (Lipinski definition) is 1. The molecule has 1 aromatic heterocycles. The average molecular weight is 401 g/mol. The Morgan fingerprint density at radius 2 is 1.48 bits per heavy atom. The van der Waals surface area contributed by atoms with E-state index in [1.54, 1.807) is 0 Å². The average Bonchev–Trinajstić information content (AvgIpc) is 3.17. The fourth-order valence-corrected chi connectivity index (χ4v) is 4.23. The van der Waals surface area contributed by atoms with Gasteiger partial charge in [-0.2, -0.15) is 0 Å². The summed E-state index contributed by atoms with van der Waals surface area (Å²) in [6, 6.07) is 28.4. The molecule has 1 heterocycles. The lowest BCUT2D eigenvalue weighted by molar-refractivity contribution is -0.140. The summed E-state index contributed by atoms with van der Waals surface area (Å²) < 4.78 is 1.85. The van der Waals surface area contributed by atoms with Crippen LogP contribution in [0, 0.1) is 0 Å². The van der Waals surface area contributed by atoms with Crippen molar-refractivity contribution < 1.29 is 9.90 Å². The third kappa shape index (κ3) is 4.36. The van der Waals surface area contributed by atoms with E-state index in [-0.39, 0.29) is 0 Å². The Bertz CT molecular complexity index is 1150. The summed E-state index contributed by atoms with van der Waals surface area (Å²) in [5, 5.41) is 12.1. The monoisotopic (exact) mass is 400 g/mol. The molecule has 0 aliphatic carbocycles. The van der Waals surface area contributed by atoms with Crippen LogP contribution in [0.5, 0.6) is 0 Å². The maximum absolute atomic E-state index is 12.3. The quantitative estimate of drug-likeness (QED) is 0.476. The van der Waals surface area contributed by atoms with Crippen LogP contribution in [0.4, 0.5) is 5.69 Å². The lowest BCUT2D eigenvalue weighted by Gasteiger charge is -2.18. The van der Waals surface area contributed by atoms with Gasteiger partial charge in [0.2, 0.25) is 0 Å². The molecule has 29 heavy (non-hydrogen) atoms. The van der Waals surface area contributed by atoms with Crippen LogP contribution in [-0.4, -0.2) is 15.6 Å². The van der Waals surface area contributed by atoms with Gasteiger partial charge in [-0.1, -0.05) is 78.9 Å². The van der Waals surface area contributed by atoms with Crippen molar-refractivity contribution >= 4 is 23.0 Å². The first-order valence-corrected chi connectivity index (χ1v) is 10.2. The van der Waals surface area contributed by atoms with Crippen molar-refractivity contribution in [2.45, 2.75) is 12.5 Å². The zero-order chi connectivity index (χ0) is 20.1. The van der Waals surface area contributed by atoms with Crippen LogP contribution in [0.25, 0.3) is 11.3 Å². The normalized spacial score (nSPS) is 12.6. The van der Waals surface area contributed by atoms with Crippen molar-refractivity contribution in [1.29, 1.82) is 0 Å². The van der Waals surface area contributed by atoms with Gasteiger partial charge in [-0.15, -0.1) is 11.3 Å². The van der Waals surface area contributed by atoms with Crippen molar-refractivity contribution in [1.82, 2.24) is 4.57 Å². The van der Waals surface area contributed by atoms with Crippen LogP contribution in [-0.2, 0) is 11.2 Å². The van der Waals surface area contributed by atoms with Gasteiger partial charge in [0.1, 0.15) is 6.04 Å². The van der Waals surface area contributed by atoms with Gasteiger partial charge in [0.25, 0.3) is 0 Å². The van der Waals surface area contributed by atoms with Gasteiger partial charge in [-0.3, -0.25) is 0 Å². The van der Waals surface area contributed by atoms with Crippen LogP contribution >= 0.6 is 11.3 Å². The summed E-state index contributed by atoms with van der Waals surface area (Å²) in [6.07, 6.45) is 0.384. The number of carboxylic acids is 1. The SMILES string of the molecule is O=C(O)C(Cc1ccccc1)n1c(-c2ccccc2)csc1=Nc1ccccc1. The molecule has 1 unspecified atom stereocenters. The molecule has 0 bridgehead atoms. The molecule has 4 nitrogen and oxygen atoms in total. The molecule has 144 valence electrons. The van der Waals surface area contributed by atoms with Crippen LogP contribution in [0.1, 0.15) is 11.6 Å². The summed E-state index contributed by atoms with van der Waals surface area (Å²) in [7, 11) is 0. The van der Waals surface area contributed by atoms with E-state index in [2.05, 4.69) is 0 Å². The number of carbonyl (C=O) groups is 1. The molecular weight excluding hydrogens is 380 g/mol. The van der Waals surface area contributed by atoms with Crippen molar-refractivity contribution in [2.75, 3.05) is 0 Å². The number of benzene rings is 3. The number of para-hydroxylation sites is 1. The van der Waals surface area contributed by atoms with Gasteiger partial charge in [0, 0.05) is 11.8 Å². The minimum absolute atomic E-state index is 0.384. The van der Waals surface area contributed by atoms with E-state index in [0.29, 0.717) is 11.2 Å². The summed E-state index contributed by atoms with van der Waals surface area (Å²) in [4.78, 5) is 17.7. The predicted molar refractivity (Wildman–Crippen MR) is 116 cm³/mol. The predicted octanol–water partition coefficient (Wildman–Crippen LogP) is 5.32. The Kier molecular flexibility index (Phi) is 5.68. The minimum Gasteiger partial charge on any atom is -0.480 e. The highest BCUT2D eigenvalue weighted by molar-refractivity contribution is 7.07. The van der Waals surface area contributed by atoms with Gasteiger partial charge in [-0.05, 0) is 23.3 Å². The maximum Gasteiger partial charge on any atom is 0.327 e. The lowest BCUT2D eigenvalue weighted by atomic mass is 10.0. The molecule has 0 amide bonds. The Morgan fingerprint density at radius 1 is 0.897 bits per heavy atom. The van der Waals surface area contributed by atoms with Crippen molar-refractivity contribution in [3.05, 3.63) is 107 Å². The van der Waals surface area contributed by atoms with Gasteiger partial charge >= 0.3 is 5.97 Å². The molecule has 5 heteroatoms. The van der Waals surface area contributed by atoms with Crippen LogP contribution in [0.15, 0.2) is 101 Å². The second kappa shape index (κ2) is 8.71. The standard InChI is InChI=1S/C24H20N2O2S/c27-23(28)21(16-18-10-4-1-5-11-18)26-22(19-12-6-2-7-13-19)17-29-24(26)25-20-14-8-3-9-15-20/h1-15,17,21H,16H2,(H,27,28). The molecule has 0 radical (unpaired) electrons. The Morgan fingerprint density at radius 3 is 2.10 bits per heavy atom. The Labute approximate surface area is 173 Å². The fraction of sp³-hybridized carbons (Fsp3) is 0.0833. The molecule has 4 rings (SSSR count). The number of nitrogens with zero attached hydrogens (tertiary/aromatic N) is 2. The highest BCUT2D eigenvalue weighted by atomic mass is 32.1. The number of thiazole rings is 1. The van der Waals surface area contributed by atoms with Crippen LogP contribution in [0.2, 0.25) is 0 Å². The number of aliphatic carboxylic acids is 1. The van der Waals surface area contributed by atoms with Gasteiger partial charge in [0.15, 0.2) is 4.80 Å². The summed E-state index contributed by atoms with van der Waals surface area (Å²) in [6.45, 7) is 0. The molecule has 3 aromatic carbocycles. The molecule has 1 N–H and O–H groups in total. The molecule has 0 saturated carbocycles. The minimum atomic E-state index is -0.876.